The van der Waals surface area contributed by atoms with E-state index in [9.17, 15) is 14.7 Å². The molecule has 5 nitrogen and oxygen atoms in total. The highest BCUT2D eigenvalue weighted by Crippen LogP contribution is 2.33. The van der Waals surface area contributed by atoms with Crippen molar-refractivity contribution in [3.8, 4) is 0 Å². The van der Waals surface area contributed by atoms with Gasteiger partial charge in [0.1, 0.15) is 5.54 Å². The molecule has 0 spiro atoms. The lowest BCUT2D eigenvalue weighted by Gasteiger charge is -2.39. The van der Waals surface area contributed by atoms with Crippen LogP contribution in [0.4, 0.5) is 4.79 Å². The fraction of sp³-hybridized carbons (Fsp3) is 0.571. The Morgan fingerprint density at radius 3 is 2.90 bits per heavy atom. The number of amides is 2. The van der Waals surface area contributed by atoms with Crippen molar-refractivity contribution in [2.75, 3.05) is 0 Å². The topological polar surface area (TPSA) is 78.4 Å². The van der Waals surface area contributed by atoms with Crippen molar-refractivity contribution >= 4 is 23.3 Å². The molecule has 2 amide bonds. The van der Waals surface area contributed by atoms with Crippen LogP contribution in [0.5, 0.6) is 0 Å². The highest BCUT2D eigenvalue weighted by Gasteiger charge is 2.46. The minimum atomic E-state index is -1.13. The lowest BCUT2D eigenvalue weighted by Crippen LogP contribution is -2.61. The van der Waals surface area contributed by atoms with Crippen LogP contribution < -0.4 is 10.6 Å². The summed E-state index contributed by atoms with van der Waals surface area (Å²) in [4.78, 5) is 23.6. The van der Waals surface area contributed by atoms with Gasteiger partial charge in [-0.1, -0.05) is 19.8 Å². The Labute approximate surface area is 122 Å². The number of hydrogen-bond donors (Lipinski definition) is 3. The predicted octanol–water partition coefficient (Wildman–Crippen LogP) is 2.58. The van der Waals surface area contributed by atoms with E-state index >= 15 is 0 Å². The smallest absolute Gasteiger partial charge is 0.329 e. The minimum absolute atomic E-state index is 0.0550. The Morgan fingerprint density at radius 2 is 2.30 bits per heavy atom. The van der Waals surface area contributed by atoms with Gasteiger partial charge in [0.25, 0.3) is 0 Å². The minimum Gasteiger partial charge on any atom is -0.479 e. The number of carboxylic acids is 1. The van der Waals surface area contributed by atoms with Crippen LogP contribution in [0.1, 0.15) is 38.2 Å². The van der Waals surface area contributed by atoms with Crippen LogP contribution in [-0.2, 0) is 11.3 Å². The summed E-state index contributed by atoms with van der Waals surface area (Å²) in [6.45, 7) is 2.31. The average molecular weight is 296 g/mol. The van der Waals surface area contributed by atoms with Gasteiger partial charge in [-0.15, -0.1) is 0 Å². The molecular formula is C14H20N2O3S. The Balaban J connectivity index is 1.97. The molecule has 1 heterocycles. The number of aliphatic carboxylic acids is 1. The Morgan fingerprint density at radius 1 is 1.50 bits per heavy atom. The number of nitrogens with one attached hydrogen (secondary N) is 2. The maximum absolute atomic E-state index is 12.0. The molecule has 0 aliphatic heterocycles. The number of urea groups is 1. The molecule has 6 heteroatoms. The van der Waals surface area contributed by atoms with Crippen LogP contribution in [-0.4, -0.2) is 22.6 Å². The molecule has 0 aromatic carbocycles. The van der Waals surface area contributed by atoms with Gasteiger partial charge in [-0.2, -0.15) is 11.3 Å². The summed E-state index contributed by atoms with van der Waals surface area (Å²) in [7, 11) is 0. The zero-order chi connectivity index (χ0) is 14.6. The molecule has 2 rings (SSSR count). The molecule has 20 heavy (non-hydrogen) atoms. The predicted molar refractivity (Wildman–Crippen MR) is 77.7 cm³/mol. The molecule has 110 valence electrons. The molecule has 1 fully saturated rings. The number of carbonyl (C=O) groups excluding carboxylic acids is 1. The first-order chi connectivity index (χ1) is 9.54. The Kier molecular flexibility index (Phi) is 4.65. The van der Waals surface area contributed by atoms with E-state index in [0.717, 1.165) is 24.8 Å². The summed E-state index contributed by atoms with van der Waals surface area (Å²) in [5.41, 5.74) is -0.108. The first-order valence-electron chi connectivity index (χ1n) is 6.85. The van der Waals surface area contributed by atoms with Crippen LogP contribution in [0.15, 0.2) is 16.8 Å². The lowest BCUT2D eigenvalue weighted by atomic mass is 9.73. The van der Waals surface area contributed by atoms with E-state index < -0.39 is 17.5 Å². The first kappa shape index (κ1) is 14.8. The lowest BCUT2D eigenvalue weighted by molar-refractivity contribution is -0.148. The number of rotatable bonds is 4. The van der Waals surface area contributed by atoms with Crippen molar-refractivity contribution in [3.05, 3.63) is 22.4 Å². The van der Waals surface area contributed by atoms with Crippen LogP contribution in [0.25, 0.3) is 0 Å². The third-order valence-electron chi connectivity index (χ3n) is 4.05. The van der Waals surface area contributed by atoms with E-state index in [-0.39, 0.29) is 5.92 Å². The van der Waals surface area contributed by atoms with Gasteiger partial charge in [0, 0.05) is 6.54 Å². The van der Waals surface area contributed by atoms with Gasteiger partial charge in [0.15, 0.2) is 0 Å². The second kappa shape index (κ2) is 6.26. The van der Waals surface area contributed by atoms with E-state index in [1.54, 1.807) is 11.3 Å². The highest BCUT2D eigenvalue weighted by atomic mass is 32.1. The largest absolute Gasteiger partial charge is 0.479 e. The third-order valence-corrected chi connectivity index (χ3v) is 4.78. The fourth-order valence-electron chi connectivity index (χ4n) is 2.73. The maximum Gasteiger partial charge on any atom is 0.329 e. The molecule has 1 aromatic rings. The van der Waals surface area contributed by atoms with Gasteiger partial charge in [-0.05, 0) is 41.1 Å². The van der Waals surface area contributed by atoms with Crippen LogP contribution in [0.3, 0.4) is 0 Å². The van der Waals surface area contributed by atoms with Crippen molar-refractivity contribution in [2.45, 2.75) is 44.7 Å². The van der Waals surface area contributed by atoms with Crippen molar-refractivity contribution < 1.29 is 14.7 Å². The summed E-state index contributed by atoms with van der Waals surface area (Å²) in [6, 6.07) is 1.52. The Bertz CT molecular complexity index is 475. The van der Waals surface area contributed by atoms with Gasteiger partial charge < -0.3 is 15.7 Å². The SMILES string of the molecule is CC1CCCCC1(NC(=O)NCc1ccsc1)C(=O)O. The van der Waals surface area contributed by atoms with Crippen LogP contribution in [0, 0.1) is 5.92 Å². The number of hydrogen-bond acceptors (Lipinski definition) is 3. The van der Waals surface area contributed by atoms with E-state index in [4.69, 9.17) is 0 Å². The van der Waals surface area contributed by atoms with Crippen molar-refractivity contribution in [1.82, 2.24) is 10.6 Å². The standard InChI is InChI=1S/C14H20N2O3S/c1-10-4-2-3-6-14(10,12(17)18)16-13(19)15-8-11-5-7-20-9-11/h5,7,9-10H,2-4,6,8H2,1H3,(H,17,18)(H2,15,16,19). The van der Waals surface area contributed by atoms with Gasteiger partial charge in [0.2, 0.25) is 0 Å². The van der Waals surface area contributed by atoms with Gasteiger partial charge in [-0.25, -0.2) is 9.59 Å². The van der Waals surface area contributed by atoms with E-state index in [2.05, 4.69) is 10.6 Å². The highest BCUT2D eigenvalue weighted by molar-refractivity contribution is 7.07. The molecule has 3 N–H and O–H groups in total. The molecule has 1 saturated carbocycles. The number of carboxylic acid groups (broad SMARTS) is 1. The summed E-state index contributed by atoms with van der Waals surface area (Å²) in [5, 5.41) is 18.8. The van der Waals surface area contributed by atoms with Gasteiger partial charge in [-0.3, -0.25) is 0 Å². The fourth-order valence-corrected chi connectivity index (χ4v) is 3.40. The molecule has 1 aliphatic carbocycles. The Hall–Kier alpha value is -1.56. The second-order valence-electron chi connectivity index (χ2n) is 5.36. The molecule has 2 unspecified atom stereocenters. The first-order valence-corrected chi connectivity index (χ1v) is 7.79. The molecular weight excluding hydrogens is 276 g/mol. The molecule has 1 aliphatic rings. The van der Waals surface area contributed by atoms with Crippen LogP contribution >= 0.6 is 11.3 Å². The van der Waals surface area contributed by atoms with Gasteiger partial charge in [0.05, 0.1) is 0 Å². The maximum atomic E-state index is 12.0. The summed E-state index contributed by atoms with van der Waals surface area (Å²) >= 11 is 1.57. The zero-order valence-corrected chi connectivity index (χ0v) is 12.3. The van der Waals surface area contributed by atoms with E-state index in [0.29, 0.717) is 13.0 Å². The molecule has 1 aromatic heterocycles. The molecule has 0 bridgehead atoms. The van der Waals surface area contributed by atoms with Crippen molar-refractivity contribution in [3.63, 3.8) is 0 Å². The quantitative estimate of drug-likeness (QED) is 0.799. The van der Waals surface area contributed by atoms with E-state index in [1.165, 1.54) is 0 Å². The average Bonchev–Trinajstić information content (AvgIpc) is 2.92. The normalized spacial score (nSPS) is 25.9. The summed E-state index contributed by atoms with van der Waals surface area (Å²) in [5.74, 6) is -0.990. The third kappa shape index (κ3) is 3.12. The molecule has 2 atom stereocenters. The van der Waals surface area contributed by atoms with Crippen molar-refractivity contribution in [2.24, 2.45) is 5.92 Å². The monoisotopic (exact) mass is 296 g/mol. The van der Waals surface area contributed by atoms with E-state index in [1.807, 2.05) is 23.8 Å². The molecule has 0 saturated heterocycles. The van der Waals surface area contributed by atoms with Gasteiger partial charge >= 0.3 is 12.0 Å². The van der Waals surface area contributed by atoms with Crippen molar-refractivity contribution in [1.29, 1.82) is 0 Å². The number of carbonyl (C=O) groups is 2. The zero-order valence-electron chi connectivity index (χ0n) is 11.5. The van der Waals surface area contributed by atoms with Crippen LogP contribution in [0.2, 0.25) is 0 Å². The number of thiophene rings is 1. The summed E-state index contributed by atoms with van der Waals surface area (Å²) < 4.78 is 0. The molecule has 0 radical (unpaired) electrons. The summed E-state index contributed by atoms with van der Waals surface area (Å²) in [6.07, 6.45) is 3.18. The second-order valence-corrected chi connectivity index (χ2v) is 6.14.